The van der Waals surface area contributed by atoms with Gasteiger partial charge in [-0.1, -0.05) is 26.0 Å². The van der Waals surface area contributed by atoms with Crippen LogP contribution in [0, 0.1) is 23.1 Å². The molecule has 2 aromatic rings. The highest BCUT2D eigenvalue weighted by atomic mass is 19.1. The molecule has 0 amide bonds. The lowest BCUT2D eigenvalue weighted by Crippen LogP contribution is -1.86. The number of hydrogen-bond acceptors (Lipinski definition) is 2. The van der Waals surface area contributed by atoms with Crippen LogP contribution >= 0.6 is 0 Å². The Kier molecular flexibility index (Phi) is 3.76. The van der Waals surface area contributed by atoms with E-state index in [2.05, 4.69) is 23.8 Å². The molecular formula is C15H14FN3. The van der Waals surface area contributed by atoms with Gasteiger partial charge >= 0.3 is 0 Å². The van der Waals surface area contributed by atoms with Crippen molar-refractivity contribution in [2.45, 2.75) is 13.8 Å². The van der Waals surface area contributed by atoms with Gasteiger partial charge < -0.3 is 4.98 Å². The fraction of sp³-hybridized carbons (Fsp3) is 0.200. The third-order valence-electron chi connectivity index (χ3n) is 2.64. The molecule has 1 aromatic carbocycles. The quantitative estimate of drug-likeness (QED) is 0.907. The summed E-state index contributed by atoms with van der Waals surface area (Å²) in [4.78, 5) is 7.31. The summed E-state index contributed by atoms with van der Waals surface area (Å²) in [7, 11) is 0. The number of rotatable bonds is 3. The molecule has 96 valence electrons. The number of H-pyrrole nitrogens is 1. The van der Waals surface area contributed by atoms with Gasteiger partial charge in [0.15, 0.2) is 0 Å². The molecule has 0 saturated carbocycles. The molecule has 0 saturated heterocycles. The van der Waals surface area contributed by atoms with Gasteiger partial charge in [-0.3, -0.25) is 0 Å². The van der Waals surface area contributed by atoms with Crippen molar-refractivity contribution in [1.82, 2.24) is 9.97 Å². The van der Waals surface area contributed by atoms with Crippen molar-refractivity contribution >= 4 is 6.08 Å². The molecule has 1 aromatic heterocycles. The average Bonchev–Trinajstić information content (AvgIpc) is 2.85. The van der Waals surface area contributed by atoms with Gasteiger partial charge in [-0.2, -0.15) is 5.26 Å². The van der Waals surface area contributed by atoms with Crippen LogP contribution in [0.25, 0.3) is 17.3 Å². The molecule has 1 heterocycles. The van der Waals surface area contributed by atoms with Crippen molar-refractivity contribution in [3.8, 4) is 17.3 Å². The van der Waals surface area contributed by atoms with Crippen molar-refractivity contribution < 1.29 is 4.39 Å². The number of allylic oxidation sites excluding steroid dienone is 1. The molecule has 0 bridgehead atoms. The molecule has 0 unspecified atom stereocenters. The number of hydrogen-bond donors (Lipinski definition) is 1. The van der Waals surface area contributed by atoms with E-state index in [0.717, 1.165) is 11.5 Å². The molecule has 0 fully saturated rings. The number of benzene rings is 1. The Hall–Kier alpha value is -2.41. The van der Waals surface area contributed by atoms with Gasteiger partial charge in [0.2, 0.25) is 0 Å². The number of halogens is 1. The molecule has 0 aliphatic heterocycles. The van der Waals surface area contributed by atoms with Gasteiger partial charge in [0.1, 0.15) is 17.7 Å². The minimum absolute atomic E-state index is 0.0446. The first-order valence-electron chi connectivity index (χ1n) is 6.03. The molecule has 19 heavy (non-hydrogen) atoms. The Morgan fingerprint density at radius 2 is 2.21 bits per heavy atom. The molecule has 3 nitrogen and oxygen atoms in total. The number of nitriles is 1. The largest absolute Gasteiger partial charge is 0.338 e. The van der Waals surface area contributed by atoms with E-state index in [9.17, 15) is 4.39 Å². The monoisotopic (exact) mass is 255 g/mol. The number of nitrogens with zero attached hydrogens (tertiary/aromatic N) is 2. The minimum atomic E-state index is -0.520. The van der Waals surface area contributed by atoms with E-state index in [-0.39, 0.29) is 5.56 Å². The van der Waals surface area contributed by atoms with Gasteiger partial charge in [-0.05, 0) is 24.1 Å². The van der Waals surface area contributed by atoms with Crippen LogP contribution in [0.1, 0.15) is 25.2 Å². The Bertz CT molecular complexity index is 648. The van der Waals surface area contributed by atoms with Crippen molar-refractivity contribution in [2.75, 3.05) is 0 Å². The van der Waals surface area contributed by atoms with E-state index >= 15 is 0 Å². The van der Waals surface area contributed by atoms with Gasteiger partial charge in [0, 0.05) is 5.56 Å². The van der Waals surface area contributed by atoms with E-state index in [1.807, 2.05) is 12.2 Å². The first-order chi connectivity index (χ1) is 9.10. The summed E-state index contributed by atoms with van der Waals surface area (Å²) in [5.74, 6) is 0.656. The summed E-state index contributed by atoms with van der Waals surface area (Å²) < 4.78 is 13.5. The maximum absolute atomic E-state index is 13.5. The standard InChI is InChI=1S/C15H14FN3/c1-10(2)3-6-15-18-9-14(19-15)11-4-5-12(8-17)13(16)7-11/h3-7,9-10H,1-2H3,(H,18,19)/b6-3-. The lowest BCUT2D eigenvalue weighted by atomic mass is 10.1. The third-order valence-corrected chi connectivity index (χ3v) is 2.64. The van der Waals surface area contributed by atoms with Gasteiger partial charge in [0.05, 0.1) is 17.5 Å². The highest BCUT2D eigenvalue weighted by Crippen LogP contribution is 2.20. The first-order valence-corrected chi connectivity index (χ1v) is 6.03. The smallest absolute Gasteiger partial charge is 0.141 e. The summed E-state index contributed by atoms with van der Waals surface area (Å²) in [5.41, 5.74) is 1.45. The Balaban J connectivity index is 2.28. The zero-order valence-corrected chi connectivity index (χ0v) is 10.8. The molecule has 2 rings (SSSR count). The van der Waals surface area contributed by atoms with Crippen LogP contribution in [0.5, 0.6) is 0 Å². The number of aromatic amines is 1. The van der Waals surface area contributed by atoms with Crippen molar-refractivity contribution in [2.24, 2.45) is 5.92 Å². The van der Waals surface area contributed by atoms with Crippen LogP contribution < -0.4 is 0 Å². The lowest BCUT2D eigenvalue weighted by molar-refractivity contribution is 0.624. The molecule has 0 aliphatic carbocycles. The zero-order valence-electron chi connectivity index (χ0n) is 10.8. The second kappa shape index (κ2) is 5.49. The second-order valence-corrected chi connectivity index (χ2v) is 4.59. The topological polar surface area (TPSA) is 52.5 Å². The van der Waals surface area contributed by atoms with Gasteiger partial charge in [0.25, 0.3) is 0 Å². The zero-order chi connectivity index (χ0) is 13.8. The first kappa shape index (κ1) is 13.0. The molecule has 0 aliphatic rings. The maximum Gasteiger partial charge on any atom is 0.141 e. The van der Waals surface area contributed by atoms with Crippen LogP contribution in [-0.2, 0) is 0 Å². The fourth-order valence-electron chi connectivity index (χ4n) is 1.62. The Labute approximate surface area is 111 Å². The summed E-state index contributed by atoms with van der Waals surface area (Å²) in [6.07, 6.45) is 5.58. The van der Waals surface area contributed by atoms with Crippen molar-refractivity contribution in [1.29, 1.82) is 5.26 Å². The van der Waals surface area contributed by atoms with E-state index in [1.165, 1.54) is 12.1 Å². The highest BCUT2D eigenvalue weighted by molar-refractivity contribution is 5.61. The van der Waals surface area contributed by atoms with Crippen LogP contribution in [0.15, 0.2) is 30.5 Å². The van der Waals surface area contributed by atoms with E-state index < -0.39 is 5.82 Å². The summed E-state index contributed by atoms with van der Waals surface area (Å²) >= 11 is 0. The second-order valence-electron chi connectivity index (χ2n) is 4.59. The lowest BCUT2D eigenvalue weighted by Gasteiger charge is -1.99. The van der Waals surface area contributed by atoms with Crippen LogP contribution in [0.4, 0.5) is 4.39 Å². The Morgan fingerprint density at radius 3 is 2.84 bits per heavy atom. The predicted molar refractivity (Wildman–Crippen MR) is 72.6 cm³/mol. The molecule has 4 heteroatoms. The van der Waals surface area contributed by atoms with Gasteiger partial charge in [-0.25, -0.2) is 9.37 Å². The van der Waals surface area contributed by atoms with Crippen LogP contribution in [0.2, 0.25) is 0 Å². The molecule has 0 spiro atoms. The van der Waals surface area contributed by atoms with Crippen molar-refractivity contribution in [3.05, 3.63) is 47.7 Å². The number of aromatic nitrogens is 2. The van der Waals surface area contributed by atoms with E-state index in [4.69, 9.17) is 5.26 Å². The SMILES string of the molecule is CC(C)/C=C\c1ncc(-c2ccc(C#N)c(F)c2)[nH]1. The molecular weight excluding hydrogens is 241 g/mol. The molecule has 0 atom stereocenters. The summed E-state index contributed by atoms with van der Waals surface area (Å²) in [5, 5.41) is 8.69. The predicted octanol–water partition coefficient (Wildman–Crippen LogP) is 3.76. The minimum Gasteiger partial charge on any atom is -0.338 e. The number of nitrogens with one attached hydrogen (secondary N) is 1. The summed E-state index contributed by atoms with van der Waals surface area (Å²) in [6.45, 7) is 4.16. The molecule has 1 N–H and O–H groups in total. The van der Waals surface area contributed by atoms with Gasteiger partial charge in [-0.15, -0.1) is 0 Å². The normalized spacial score (nSPS) is 11.1. The van der Waals surface area contributed by atoms with Crippen molar-refractivity contribution in [3.63, 3.8) is 0 Å². The van der Waals surface area contributed by atoms with E-state index in [0.29, 0.717) is 11.5 Å². The summed E-state index contributed by atoms with van der Waals surface area (Å²) in [6, 6.07) is 6.30. The molecule has 0 radical (unpaired) electrons. The highest BCUT2D eigenvalue weighted by Gasteiger charge is 2.06. The third kappa shape index (κ3) is 3.08. The average molecular weight is 255 g/mol. The van der Waals surface area contributed by atoms with E-state index in [1.54, 1.807) is 18.3 Å². The Morgan fingerprint density at radius 1 is 1.42 bits per heavy atom. The fourth-order valence-corrected chi connectivity index (χ4v) is 1.62. The maximum atomic E-state index is 13.5. The van der Waals surface area contributed by atoms with Crippen LogP contribution in [-0.4, -0.2) is 9.97 Å². The number of imidazole rings is 1. The van der Waals surface area contributed by atoms with Crippen LogP contribution in [0.3, 0.4) is 0 Å².